The van der Waals surface area contributed by atoms with Gasteiger partial charge >= 0.3 is 5.97 Å². The lowest BCUT2D eigenvalue weighted by Gasteiger charge is -2.38. The number of ether oxygens (including phenoxy) is 1. The third kappa shape index (κ3) is 6.61. The number of nitrogens with two attached hydrogens (primary N) is 1. The Morgan fingerprint density at radius 2 is 2.06 bits per heavy atom. The molecule has 33 heavy (non-hydrogen) atoms. The van der Waals surface area contributed by atoms with Crippen LogP contribution in [0.2, 0.25) is 0 Å². The molecule has 10 heteroatoms. The zero-order chi connectivity index (χ0) is 24.1. The number of carbonyl (C=O) groups is 2. The molecule has 2 aromatic rings. The molecule has 3 rings (SSSR count). The molecule has 0 radical (unpaired) electrons. The highest BCUT2D eigenvalue weighted by Gasteiger charge is 2.52. The Labute approximate surface area is 198 Å². The number of esters is 1. The van der Waals surface area contributed by atoms with Gasteiger partial charge in [-0.05, 0) is 33.1 Å². The molecule has 0 aliphatic heterocycles. The summed E-state index contributed by atoms with van der Waals surface area (Å²) in [6.07, 6.45) is 10.7. The summed E-state index contributed by atoms with van der Waals surface area (Å²) in [5, 5.41) is 16.7. The largest absolute Gasteiger partial charge is 0.457 e. The summed E-state index contributed by atoms with van der Waals surface area (Å²) in [7, 11) is 0. The number of carbonyl (C=O) groups excluding carboxylic acids is 2. The number of nitrogens with zero attached hydrogens (tertiary/aromatic N) is 2. The quantitative estimate of drug-likeness (QED) is 0.406. The van der Waals surface area contributed by atoms with Crippen LogP contribution >= 0.6 is 11.3 Å². The first-order valence-corrected chi connectivity index (χ1v) is 12.4. The molecule has 0 bridgehead atoms. The molecule has 0 aromatic carbocycles. The molecule has 1 saturated carbocycles. The summed E-state index contributed by atoms with van der Waals surface area (Å²) < 4.78 is 5.61. The van der Waals surface area contributed by atoms with Gasteiger partial charge in [-0.25, -0.2) is 14.8 Å². The van der Waals surface area contributed by atoms with E-state index in [1.54, 1.807) is 32.3 Å². The van der Waals surface area contributed by atoms with Crippen LogP contribution in [0.25, 0.3) is 0 Å². The molecular formula is C23H35N5O4S. The van der Waals surface area contributed by atoms with Crippen LogP contribution in [0.3, 0.4) is 0 Å². The number of aromatic nitrogens is 3. The average Bonchev–Trinajstić information content (AvgIpc) is 3.46. The highest BCUT2D eigenvalue weighted by Crippen LogP contribution is 2.36. The highest BCUT2D eigenvalue weighted by molar-refractivity contribution is 7.09. The molecule has 1 aliphatic carbocycles. The Hall–Kier alpha value is -2.30. The maximum Gasteiger partial charge on any atom is 0.348 e. The Balaban J connectivity index is 1.90. The molecule has 2 aromatic heterocycles. The average molecular weight is 478 g/mol. The van der Waals surface area contributed by atoms with Crippen molar-refractivity contribution >= 4 is 23.2 Å². The summed E-state index contributed by atoms with van der Waals surface area (Å²) in [6.45, 7) is 5.21. The lowest BCUT2D eigenvalue weighted by molar-refractivity contribution is -0.183. The first-order chi connectivity index (χ1) is 15.6. The smallest absolute Gasteiger partial charge is 0.348 e. The number of imidazole rings is 1. The maximum atomic E-state index is 13.4. The second-order valence-electron chi connectivity index (χ2n) is 9.79. The van der Waals surface area contributed by atoms with Gasteiger partial charge in [0.1, 0.15) is 10.6 Å². The normalized spacial score (nSPS) is 18.8. The first kappa shape index (κ1) is 25.3. The molecule has 1 unspecified atom stereocenters. The van der Waals surface area contributed by atoms with Crippen molar-refractivity contribution in [1.82, 2.24) is 20.3 Å². The van der Waals surface area contributed by atoms with Crippen LogP contribution in [0.4, 0.5) is 0 Å². The van der Waals surface area contributed by atoms with Crippen molar-refractivity contribution in [2.24, 2.45) is 11.7 Å². The van der Waals surface area contributed by atoms with Crippen LogP contribution in [0.1, 0.15) is 70.0 Å². The van der Waals surface area contributed by atoms with Crippen molar-refractivity contribution in [3.05, 3.63) is 34.8 Å². The van der Waals surface area contributed by atoms with Gasteiger partial charge in [0.25, 0.3) is 0 Å². The van der Waals surface area contributed by atoms with E-state index in [0.717, 1.165) is 42.7 Å². The van der Waals surface area contributed by atoms with E-state index in [1.807, 2.05) is 0 Å². The van der Waals surface area contributed by atoms with Crippen molar-refractivity contribution in [3.63, 3.8) is 0 Å². The third-order valence-electron chi connectivity index (χ3n) is 5.91. The Morgan fingerprint density at radius 3 is 2.64 bits per heavy atom. The van der Waals surface area contributed by atoms with Gasteiger partial charge in [0.05, 0.1) is 18.4 Å². The Morgan fingerprint density at radius 1 is 1.33 bits per heavy atom. The van der Waals surface area contributed by atoms with Crippen LogP contribution in [-0.2, 0) is 26.3 Å². The molecule has 0 spiro atoms. The van der Waals surface area contributed by atoms with Crippen LogP contribution in [-0.4, -0.2) is 49.6 Å². The molecule has 5 N–H and O–H groups in total. The van der Waals surface area contributed by atoms with E-state index in [-0.39, 0.29) is 17.3 Å². The molecule has 3 atom stereocenters. The minimum absolute atomic E-state index is 0.194. The van der Waals surface area contributed by atoms with Gasteiger partial charge in [-0.2, -0.15) is 0 Å². The predicted octanol–water partition coefficient (Wildman–Crippen LogP) is 2.42. The number of aromatic amines is 1. The van der Waals surface area contributed by atoms with Crippen LogP contribution in [0.15, 0.2) is 24.1 Å². The van der Waals surface area contributed by atoms with Gasteiger partial charge in [0, 0.05) is 29.9 Å². The van der Waals surface area contributed by atoms with E-state index in [4.69, 9.17) is 10.5 Å². The van der Waals surface area contributed by atoms with Gasteiger partial charge in [-0.3, -0.25) is 4.79 Å². The summed E-state index contributed by atoms with van der Waals surface area (Å²) >= 11 is 1.16. The number of rotatable bonds is 9. The molecule has 182 valence electrons. The van der Waals surface area contributed by atoms with Crippen molar-refractivity contribution in [1.29, 1.82) is 0 Å². The summed E-state index contributed by atoms with van der Waals surface area (Å²) in [5.41, 5.74) is 3.94. The fourth-order valence-corrected chi connectivity index (χ4v) is 5.02. The second-order valence-corrected chi connectivity index (χ2v) is 10.7. The number of aliphatic hydroxyl groups is 1. The van der Waals surface area contributed by atoms with Gasteiger partial charge in [-0.1, -0.05) is 32.1 Å². The topological polar surface area (TPSA) is 143 Å². The molecule has 0 saturated heterocycles. The van der Waals surface area contributed by atoms with Gasteiger partial charge in [0.15, 0.2) is 0 Å². The van der Waals surface area contributed by atoms with Crippen LogP contribution in [0.5, 0.6) is 0 Å². The van der Waals surface area contributed by atoms with Gasteiger partial charge in [0.2, 0.25) is 11.5 Å². The highest BCUT2D eigenvalue weighted by atomic mass is 32.1. The molecule has 9 nitrogen and oxygen atoms in total. The standard InChI is InChI=1S/C23H35N5O4S/c1-22(2,3)32-21(30)23(31,20-26-9-10-33-20)18(11-15-7-5-4-6-8-15)28-19(29)17(24)12-16-13-25-14-27-16/h9-10,13-15,17-18,31H,4-8,11-12,24H2,1-3H3,(H,25,27)(H,28,29)/t17?,18-,23-/m0/s1. The first-order valence-electron chi connectivity index (χ1n) is 11.5. The molecule has 1 fully saturated rings. The van der Waals surface area contributed by atoms with Crippen LogP contribution < -0.4 is 11.1 Å². The lowest BCUT2D eigenvalue weighted by Crippen LogP contribution is -2.59. The Bertz CT molecular complexity index is 891. The van der Waals surface area contributed by atoms with Gasteiger partial charge in [-0.15, -0.1) is 11.3 Å². The van der Waals surface area contributed by atoms with E-state index in [1.165, 1.54) is 18.9 Å². The van der Waals surface area contributed by atoms with E-state index in [9.17, 15) is 14.7 Å². The van der Waals surface area contributed by atoms with Crippen molar-refractivity contribution in [2.45, 2.75) is 89.0 Å². The third-order valence-corrected chi connectivity index (χ3v) is 6.81. The van der Waals surface area contributed by atoms with E-state index < -0.39 is 35.2 Å². The van der Waals surface area contributed by atoms with E-state index in [0.29, 0.717) is 6.42 Å². The lowest BCUT2D eigenvalue weighted by atomic mass is 9.80. The SMILES string of the molecule is CC(C)(C)OC(=O)[C@@](O)(c1nccs1)[C@H](CC1CCCCC1)NC(=O)C(N)Cc1cnc[nH]1. The van der Waals surface area contributed by atoms with E-state index in [2.05, 4.69) is 20.3 Å². The molecule has 1 aliphatic rings. The fraction of sp³-hybridized carbons (Fsp3) is 0.652. The molecule has 1 amide bonds. The summed E-state index contributed by atoms with van der Waals surface area (Å²) in [4.78, 5) is 37.6. The number of hydrogen-bond acceptors (Lipinski definition) is 8. The number of nitrogens with one attached hydrogen (secondary N) is 2. The summed E-state index contributed by atoms with van der Waals surface area (Å²) in [5.74, 6) is -1.01. The zero-order valence-electron chi connectivity index (χ0n) is 19.5. The molecular weight excluding hydrogens is 442 g/mol. The van der Waals surface area contributed by atoms with Crippen molar-refractivity contribution < 1.29 is 19.4 Å². The van der Waals surface area contributed by atoms with Gasteiger partial charge < -0.3 is 25.9 Å². The number of H-pyrrole nitrogens is 1. The Kier molecular flexibility index (Phi) is 8.25. The van der Waals surface area contributed by atoms with Crippen molar-refractivity contribution in [2.75, 3.05) is 0 Å². The molecule has 2 heterocycles. The number of thiazole rings is 1. The number of amides is 1. The minimum Gasteiger partial charge on any atom is -0.457 e. The zero-order valence-corrected chi connectivity index (χ0v) is 20.4. The maximum absolute atomic E-state index is 13.4. The monoisotopic (exact) mass is 477 g/mol. The fourth-order valence-electron chi connectivity index (χ4n) is 4.24. The number of hydrogen-bond donors (Lipinski definition) is 4. The van der Waals surface area contributed by atoms with Crippen molar-refractivity contribution in [3.8, 4) is 0 Å². The van der Waals surface area contributed by atoms with Crippen LogP contribution in [0, 0.1) is 5.92 Å². The summed E-state index contributed by atoms with van der Waals surface area (Å²) in [6, 6.07) is -1.81. The minimum atomic E-state index is -2.12. The second kappa shape index (κ2) is 10.8. The van der Waals surface area contributed by atoms with E-state index >= 15 is 0 Å². The predicted molar refractivity (Wildman–Crippen MR) is 125 cm³/mol.